The largest absolute Gasteiger partial charge is 0.393 e. The van der Waals surface area contributed by atoms with Gasteiger partial charge in [0.15, 0.2) is 0 Å². The van der Waals surface area contributed by atoms with Crippen molar-refractivity contribution < 1.29 is 0 Å². The Kier molecular flexibility index (Phi) is 14.1. The van der Waals surface area contributed by atoms with Crippen LogP contribution in [-0.4, -0.2) is 7.05 Å². The number of hydrogen-bond donors (Lipinski definition) is 1. The monoisotopic (exact) mass is 127 g/mol. The molecule has 0 amide bonds. The van der Waals surface area contributed by atoms with Crippen LogP contribution in [0.25, 0.3) is 0 Å². The lowest BCUT2D eigenvalue weighted by Gasteiger charge is -1.73. The van der Waals surface area contributed by atoms with E-state index < -0.39 is 0 Å². The second kappa shape index (κ2) is 8.93. The molecule has 38 valence electrons. The molecule has 0 rings (SSSR count). The number of hydrogen-bond acceptors (Lipinski definition) is 1. The fourth-order valence-electron chi connectivity index (χ4n) is 0.0630. The first kappa shape index (κ1) is 9.45. The summed E-state index contributed by atoms with van der Waals surface area (Å²) in [6.45, 7) is 0. The fraction of sp³-hybridized carbons (Fsp3) is 0.333. The number of rotatable bonds is 1. The summed E-state index contributed by atoms with van der Waals surface area (Å²) in [6.07, 6.45) is 1.64. The Labute approximate surface area is 48.8 Å². The van der Waals surface area contributed by atoms with Crippen molar-refractivity contribution in [1.82, 2.24) is 5.32 Å². The molecule has 0 spiro atoms. The average molecular weight is 128 g/mol. The van der Waals surface area contributed by atoms with E-state index in [4.69, 9.17) is 11.6 Å². The van der Waals surface area contributed by atoms with Crippen molar-refractivity contribution in [2.24, 2.45) is 0 Å². The van der Waals surface area contributed by atoms with Gasteiger partial charge in [-0.05, 0) is 0 Å². The molecule has 0 aromatic rings. The van der Waals surface area contributed by atoms with Gasteiger partial charge in [-0.2, -0.15) is 0 Å². The van der Waals surface area contributed by atoms with Crippen molar-refractivity contribution in [2.45, 2.75) is 0 Å². The third kappa shape index (κ3) is 8.92. The van der Waals surface area contributed by atoms with Gasteiger partial charge >= 0.3 is 0 Å². The highest BCUT2D eigenvalue weighted by Gasteiger charge is 1.47. The predicted octanol–water partition coefficient (Wildman–Crippen LogP) is 1.34. The smallest absolute Gasteiger partial charge is 0.0199 e. The second-order valence-electron chi connectivity index (χ2n) is 0.581. The predicted molar refractivity (Wildman–Crippen MR) is 31.3 cm³/mol. The second-order valence-corrected chi connectivity index (χ2v) is 0.833. The molecule has 0 fully saturated rings. The number of nitrogens with one attached hydrogen (secondary N) is 1. The van der Waals surface area contributed by atoms with Crippen LogP contribution in [0.15, 0.2) is 11.7 Å². The van der Waals surface area contributed by atoms with Crippen LogP contribution in [0, 0.1) is 0 Å². The summed E-state index contributed by atoms with van der Waals surface area (Å²) in [5.74, 6) is 0. The first-order valence-electron chi connectivity index (χ1n) is 1.34. The summed E-state index contributed by atoms with van der Waals surface area (Å²) in [7, 11) is 1.79. The van der Waals surface area contributed by atoms with E-state index in [1.807, 2.05) is 0 Å². The first-order chi connectivity index (χ1) is 2.41. The molecule has 6 heavy (non-hydrogen) atoms. The highest BCUT2D eigenvalue weighted by Crippen LogP contribution is 1.68. The maximum absolute atomic E-state index is 5.06. The minimum atomic E-state index is 0. The molecule has 0 atom stereocenters. The van der Waals surface area contributed by atoms with E-state index in [0.29, 0.717) is 0 Å². The Balaban J connectivity index is 0. The Morgan fingerprint density at radius 1 is 1.67 bits per heavy atom. The molecule has 0 bridgehead atoms. The van der Waals surface area contributed by atoms with Crippen LogP contribution in [0.2, 0.25) is 0 Å². The third-order valence-electron chi connectivity index (χ3n) is 0.230. The van der Waals surface area contributed by atoms with E-state index in [1.165, 1.54) is 5.54 Å². The minimum absolute atomic E-state index is 0. The first-order valence-corrected chi connectivity index (χ1v) is 1.78. The Bertz CT molecular complexity index is 35.8. The molecule has 0 aliphatic rings. The van der Waals surface area contributed by atoms with E-state index in [2.05, 4.69) is 5.32 Å². The van der Waals surface area contributed by atoms with Crippen LogP contribution < -0.4 is 5.32 Å². The van der Waals surface area contributed by atoms with Crippen LogP contribution in [0.4, 0.5) is 0 Å². The summed E-state index contributed by atoms with van der Waals surface area (Å²) < 4.78 is 0. The SMILES string of the molecule is CNC=CCl.Cl. The summed E-state index contributed by atoms with van der Waals surface area (Å²) in [5.41, 5.74) is 1.42. The summed E-state index contributed by atoms with van der Waals surface area (Å²) in [6, 6.07) is 0. The molecule has 0 aromatic heterocycles. The summed E-state index contributed by atoms with van der Waals surface area (Å²) in [5, 5.41) is 2.70. The van der Waals surface area contributed by atoms with Crippen LogP contribution in [-0.2, 0) is 0 Å². The Morgan fingerprint density at radius 3 is 2.17 bits per heavy atom. The van der Waals surface area contributed by atoms with E-state index in [0.717, 1.165) is 0 Å². The van der Waals surface area contributed by atoms with Gasteiger partial charge in [-0.1, -0.05) is 11.6 Å². The fourth-order valence-corrected chi connectivity index (χ4v) is 0.189. The van der Waals surface area contributed by atoms with Crippen LogP contribution >= 0.6 is 24.0 Å². The molecule has 0 aliphatic heterocycles. The van der Waals surface area contributed by atoms with Crippen molar-refractivity contribution in [2.75, 3.05) is 7.05 Å². The van der Waals surface area contributed by atoms with E-state index in [-0.39, 0.29) is 12.4 Å². The van der Waals surface area contributed by atoms with Crippen molar-refractivity contribution in [1.29, 1.82) is 0 Å². The summed E-state index contributed by atoms with van der Waals surface area (Å²) >= 11 is 5.06. The zero-order valence-corrected chi connectivity index (χ0v) is 5.01. The van der Waals surface area contributed by atoms with Gasteiger partial charge in [-0.25, -0.2) is 0 Å². The van der Waals surface area contributed by atoms with Gasteiger partial charge in [-0.15, -0.1) is 12.4 Å². The molecule has 0 saturated carbocycles. The van der Waals surface area contributed by atoms with Gasteiger partial charge in [0.1, 0.15) is 0 Å². The maximum atomic E-state index is 5.06. The molecular formula is C3H7Cl2N. The molecule has 0 aromatic carbocycles. The zero-order chi connectivity index (χ0) is 4.12. The molecule has 0 unspecified atom stereocenters. The standard InChI is InChI=1S/C3H6ClN.ClH/c1-5-3-2-4;/h2-3,5H,1H3;1H. The third-order valence-corrected chi connectivity index (χ3v) is 0.356. The van der Waals surface area contributed by atoms with Gasteiger partial charge in [-0.3, -0.25) is 0 Å². The van der Waals surface area contributed by atoms with E-state index in [9.17, 15) is 0 Å². The Hall–Kier alpha value is 0.120. The molecule has 1 N–H and O–H groups in total. The van der Waals surface area contributed by atoms with Crippen molar-refractivity contribution in [3.63, 3.8) is 0 Å². The van der Waals surface area contributed by atoms with Crippen LogP contribution in [0.1, 0.15) is 0 Å². The van der Waals surface area contributed by atoms with Crippen molar-refractivity contribution >= 4 is 24.0 Å². The van der Waals surface area contributed by atoms with Gasteiger partial charge in [0, 0.05) is 18.8 Å². The van der Waals surface area contributed by atoms with Crippen molar-refractivity contribution in [3.05, 3.63) is 11.7 Å². The van der Waals surface area contributed by atoms with Crippen LogP contribution in [0.3, 0.4) is 0 Å². The minimum Gasteiger partial charge on any atom is -0.393 e. The van der Waals surface area contributed by atoms with Gasteiger partial charge in [0.2, 0.25) is 0 Å². The van der Waals surface area contributed by atoms with E-state index >= 15 is 0 Å². The molecule has 1 nitrogen and oxygen atoms in total. The topological polar surface area (TPSA) is 12.0 Å². The highest BCUT2D eigenvalue weighted by molar-refractivity contribution is 6.25. The quantitative estimate of drug-likeness (QED) is 0.561. The van der Waals surface area contributed by atoms with Gasteiger partial charge in [0.25, 0.3) is 0 Å². The molecule has 3 heteroatoms. The lowest BCUT2D eigenvalue weighted by molar-refractivity contribution is 1.11. The lowest BCUT2D eigenvalue weighted by Crippen LogP contribution is -1.88. The Morgan fingerprint density at radius 2 is 2.17 bits per heavy atom. The molecule has 0 radical (unpaired) electrons. The molecule has 0 aliphatic carbocycles. The average Bonchev–Trinajstić information content (AvgIpc) is 1.41. The molecular weight excluding hydrogens is 121 g/mol. The van der Waals surface area contributed by atoms with Crippen LogP contribution in [0.5, 0.6) is 0 Å². The summed E-state index contributed by atoms with van der Waals surface area (Å²) in [4.78, 5) is 0. The van der Waals surface area contributed by atoms with Gasteiger partial charge in [0.05, 0.1) is 0 Å². The maximum Gasteiger partial charge on any atom is 0.0199 e. The van der Waals surface area contributed by atoms with Gasteiger partial charge < -0.3 is 5.32 Å². The molecule has 0 heterocycles. The van der Waals surface area contributed by atoms with E-state index in [1.54, 1.807) is 13.2 Å². The normalized spacial score (nSPS) is 7.67. The van der Waals surface area contributed by atoms with Crippen molar-refractivity contribution in [3.8, 4) is 0 Å². The zero-order valence-electron chi connectivity index (χ0n) is 3.44. The highest BCUT2D eigenvalue weighted by atomic mass is 35.5. The lowest BCUT2D eigenvalue weighted by atomic mass is 11.0. The number of halogens is 2. The molecule has 0 saturated heterocycles.